The Bertz CT molecular complexity index is 1370. The van der Waals surface area contributed by atoms with Gasteiger partial charge in [0.05, 0.1) is 17.5 Å². The molecular formula is C26H22F4N4O2. The lowest BCUT2D eigenvalue weighted by molar-refractivity contribution is 0.0697. The first-order chi connectivity index (χ1) is 17.2. The number of halogens is 4. The molecule has 186 valence electrons. The maximum absolute atomic E-state index is 13.9. The normalized spacial score (nSPS) is 10.8. The van der Waals surface area contributed by atoms with Gasteiger partial charge < -0.3 is 5.11 Å². The number of aryl methyl sites for hydroxylation is 1. The van der Waals surface area contributed by atoms with Crippen molar-refractivity contribution in [2.45, 2.75) is 20.8 Å². The highest BCUT2D eigenvalue weighted by Crippen LogP contribution is 2.26. The van der Waals surface area contributed by atoms with Crippen molar-refractivity contribution in [3.63, 3.8) is 0 Å². The molecule has 0 radical (unpaired) electrons. The van der Waals surface area contributed by atoms with Gasteiger partial charge in [-0.3, -0.25) is 5.43 Å². The highest BCUT2D eigenvalue weighted by atomic mass is 19.2. The molecule has 0 amide bonds. The van der Waals surface area contributed by atoms with Crippen molar-refractivity contribution < 1.29 is 27.5 Å². The second-order valence-corrected chi connectivity index (χ2v) is 7.31. The van der Waals surface area contributed by atoms with Crippen LogP contribution in [0.4, 0.5) is 23.2 Å². The summed E-state index contributed by atoms with van der Waals surface area (Å²) < 4.78 is 56.1. The largest absolute Gasteiger partial charge is 0.478 e. The van der Waals surface area contributed by atoms with Crippen molar-refractivity contribution in [1.29, 1.82) is 0 Å². The lowest BCUT2D eigenvalue weighted by Crippen LogP contribution is -2.02. The van der Waals surface area contributed by atoms with Crippen molar-refractivity contribution in [3.05, 3.63) is 101 Å². The Morgan fingerprint density at radius 2 is 1.56 bits per heavy atom. The van der Waals surface area contributed by atoms with E-state index in [0.29, 0.717) is 22.5 Å². The summed E-state index contributed by atoms with van der Waals surface area (Å²) in [6.07, 6.45) is 2.76. The van der Waals surface area contributed by atoms with Gasteiger partial charge in [-0.05, 0) is 31.2 Å². The molecule has 0 atom stereocenters. The van der Waals surface area contributed by atoms with Gasteiger partial charge >= 0.3 is 5.97 Å². The number of aromatic nitrogens is 2. The predicted octanol–water partition coefficient (Wildman–Crippen LogP) is 6.57. The molecule has 3 aromatic carbocycles. The summed E-state index contributed by atoms with van der Waals surface area (Å²) in [5, 5.41) is 17.4. The van der Waals surface area contributed by atoms with Gasteiger partial charge in [0.1, 0.15) is 11.4 Å². The molecular weight excluding hydrogens is 476 g/mol. The quantitative estimate of drug-likeness (QED) is 0.136. The number of anilines is 1. The molecule has 0 aliphatic heterocycles. The van der Waals surface area contributed by atoms with E-state index >= 15 is 0 Å². The summed E-state index contributed by atoms with van der Waals surface area (Å²) >= 11 is 0. The first-order valence-corrected chi connectivity index (χ1v) is 10.9. The number of carboxylic acid groups (broad SMARTS) is 1. The molecule has 1 heterocycles. The molecule has 0 unspecified atom stereocenters. The summed E-state index contributed by atoms with van der Waals surface area (Å²) in [6, 6.07) is 13.5. The van der Waals surface area contributed by atoms with E-state index in [2.05, 4.69) is 10.2 Å². The molecule has 1 aromatic heterocycles. The van der Waals surface area contributed by atoms with Crippen LogP contribution < -0.4 is 5.43 Å². The SMILES string of the molecule is CC.Cc1ccc(-c2nn(-c3ccc(C(=O)O)cc3)cc2/C=N/Nc2c(F)c(F)cc(F)c2F)cc1. The van der Waals surface area contributed by atoms with Crippen molar-refractivity contribution in [2.24, 2.45) is 5.10 Å². The summed E-state index contributed by atoms with van der Waals surface area (Å²) in [5.41, 5.74) is 4.19. The van der Waals surface area contributed by atoms with E-state index < -0.39 is 34.9 Å². The molecule has 4 aromatic rings. The molecule has 0 bridgehead atoms. The van der Waals surface area contributed by atoms with Gasteiger partial charge in [0.15, 0.2) is 23.3 Å². The Morgan fingerprint density at radius 1 is 0.972 bits per heavy atom. The highest BCUT2D eigenvalue weighted by molar-refractivity contribution is 5.89. The third kappa shape index (κ3) is 5.60. The Kier molecular flexibility index (Phi) is 8.21. The molecule has 36 heavy (non-hydrogen) atoms. The topological polar surface area (TPSA) is 79.5 Å². The zero-order chi connectivity index (χ0) is 26.4. The average Bonchev–Trinajstić information content (AvgIpc) is 3.30. The number of carboxylic acids is 1. The van der Waals surface area contributed by atoms with Crippen LogP contribution >= 0.6 is 0 Å². The number of aromatic carboxylic acids is 1. The molecule has 0 saturated heterocycles. The minimum atomic E-state index is -1.61. The Labute approximate surface area is 204 Å². The number of hydrogen-bond donors (Lipinski definition) is 2. The van der Waals surface area contributed by atoms with Crippen molar-refractivity contribution in [2.75, 3.05) is 5.43 Å². The average molecular weight is 498 g/mol. The molecule has 10 heteroatoms. The lowest BCUT2D eigenvalue weighted by Gasteiger charge is -2.05. The fourth-order valence-corrected chi connectivity index (χ4v) is 3.14. The van der Waals surface area contributed by atoms with Crippen LogP contribution in [-0.4, -0.2) is 27.1 Å². The van der Waals surface area contributed by atoms with Crippen molar-refractivity contribution in [3.8, 4) is 16.9 Å². The van der Waals surface area contributed by atoms with E-state index in [4.69, 9.17) is 5.11 Å². The van der Waals surface area contributed by atoms with Crippen molar-refractivity contribution >= 4 is 17.9 Å². The van der Waals surface area contributed by atoms with Crippen LogP contribution in [-0.2, 0) is 0 Å². The summed E-state index contributed by atoms with van der Waals surface area (Å²) in [6.45, 7) is 5.92. The fraction of sp³-hybridized carbons (Fsp3) is 0.115. The third-order valence-electron chi connectivity index (χ3n) is 4.94. The fourth-order valence-electron chi connectivity index (χ4n) is 3.14. The third-order valence-corrected chi connectivity index (χ3v) is 4.94. The van der Waals surface area contributed by atoms with Gasteiger partial charge in [0.2, 0.25) is 0 Å². The number of hydrazone groups is 1. The summed E-state index contributed by atoms with van der Waals surface area (Å²) in [4.78, 5) is 11.1. The number of carbonyl (C=O) groups is 1. The van der Waals surface area contributed by atoms with Crippen molar-refractivity contribution in [1.82, 2.24) is 9.78 Å². The first-order valence-electron chi connectivity index (χ1n) is 10.9. The molecule has 0 saturated carbocycles. The van der Waals surface area contributed by atoms with E-state index in [0.717, 1.165) is 5.56 Å². The van der Waals surface area contributed by atoms with Gasteiger partial charge in [-0.15, -0.1) is 0 Å². The predicted molar refractivity (Wildman–Crippen MR) is 130 cm³/mol. The Hall–Kier alpha value is -4.47. The zero-order valence-corrected chi connectivity index (χ0v) is 19.6. The Balaban J connectivity index is 0.00000176. The number of hydrogen-bond acceptors (Lipinski definition) is 4. The van der Waals surface area contributed by atoms with Crippen LogP contribution in [0.2, 0.25) is 0 Å². The number of benzene rings is 3. The Morgan fingerprint density at radius 3 is 2.11 bits per heavy atom. The summed E-state index contributed by atoms with van der Waals surface area (Å²) in [7, 11) is 0. The van der Waals surface area contributed by atoms with Gasteiger partial charge in [0.25, 0.3) is 0 Å². The number of nitrogens with zero attached hydrogens (tertiary/aromatic N) is 3. The van der Waals surface area contributed by atoms with E-state index in [1.165, 1.54) is 23.0 Å². The van der Waals surface area contributed by atoms with Crippen LogP contribution in [0, 0.1) is 30.2 Å². The van der Waals surface area contributed by atoms with E-state index in [1.807, 2.05) is 50.5 Å². The molecule has 6 nitrogen and oxygen atoms in total. The van der Waals surface area contributed by atoms with Crippen LogP contribution in [0.1, 0.15) is 35.3 Å². The molecule has 4 rings (SSSR count). The standard InChI is InChI=1S/C24H16F4N4O2.C2H6/c1-13-2-4-14(5-3-13)22-16(11-29-30-23-20(27)18(25)10-19(26)21(23)28)12-32(31-22)17-8-6-15(7-9-17)24(33)34;1-2/h2-12,30H,1H3,(H,33,34);1-2H3/b29-11+;. The second kappa shape index (κ2) is 11.3. The first kappa shape index (κ1) is 26.1. The minimum absolute atomic E-state index is 0.104. The van der Waals surface area contributed by atoms with Gasteiger partial charge in [-0.25, -0.2) is 27.0 Å². The molecule has 0 aliphatic carbocycles. The number of rotatable bonds is 6. The van der Waals surface area contributed by atoms with Gasteiger partial charge in [0, 0.05) is 23.4 Å². The van der Waals surface area contributed by atoms with E-state index in [9.17, 15) is 22.4 Å². The maximum atomic E-state index is 13.9. The second-order valence-electron chi connectivity index (χ2n) is 7.31. The smallest absolute Gasteiger partial charge is 0.335 e. The van der Waals surface area contributed by atoms with E-state index in [-0.39, 0.29) is 11.6 Å². The van der Waals surface area contributed by atoms with Crippen LogP contribution in [0.3, 0.4) is 0 Å². The minimum Gasteiger partial charge on any atom is -0.478 e. The monoisotopic (exact) mass is 498 g/mol. The van der Waals surface area contributed by atoms with Gasteiger partial charge in [-0.2, -0.15) is 10.2 Å². The summed E-state index contributed by atoms with van der Waals surface area (Å²) in [5.74, 6) is -7.41. The van der Waals surface area contributed by atoms with E-state index in [1.54, 1.807) is 18.3 Å². The molecule has 0 fully saturated rings. The molecule has 0 spiro atoms. The van der Waals surface area contributed by atoms with Crippen LogP contribution in [0.25, 0.3) is 16.9 Å². The zero-order valence-electron chi connectivity index (χ0n) is 19.6. The maximum Gasteiger partial charge on any atom is 0.335 e. The lowest BCUT2D eigenvalue weighted by atomic mass is 10.1. The number of nitrogens with one attached hydrogen (secondary N) is 1. The molecule has 2 N–H and O–H groups in total. The van der Waals surface area contributed by atoms with Crippen LogP contribution in [0.5, 0.6) is 0 Å². The van der Waals surface area contributed by atoms with Gasteiger partial charge in [-0.1, -0.05) is 43.7 Å². The van der Waals surface area contributed by atoms with Crippen LogP contribution in [0.15, 0.2) is 65.9 Å². The molecule has 0 aliphatic rings. The highest BCUT2D eigenvalue weighted by Gasteiger charge is 2.19.